The number of hydrogen-bond donors (Lipinski definition) is 1. The zero-order chi connectivity index (χ0) is 14.7. The summed E-state index contributed by atoms with van der Waals surface area (Å²) in [4.78, 5) is 14.7. The number of amides is 1. The Balaban J connectivity index is 1.60. The summed E-state index contributed by atoms with van der Waals surface area (Å²) < 4.78 is 11.0. The molecule has 0 radical (unpaired) electrons. The second-order valence-electron chi connectivity index (χ2n) is 5.54. The van der Waals surface area contributed by atoms with E-state index >= 15 is 0 Å². The number of rotatable bonds is 3. The van der Waals surface area contributed by atoms with Gasteiger partial charge in [-0.3, -0.25) is 4.79 Å². The third-order valence-corrected chi connectivity index (χ3v) is 4.17. The summed E-state index contributed by atoms with van der Waals surface area (Å²) in [6, 6.07) is 5.64. The Kier molecular flexibility index (Phi) is 4.29. The summed E-state index contributed by atoms with van der Waals surface area (Å²) in [6.07, 6.45) is 2.04. The van der Waals surface area contributed by atoms with Crippen LogP contribution in [0.3, 0.4) is 0 Å². The first-order valence-electron chi connectivity index (χ1n) is 7.69. The van der Waals surface area contributed by atoms with Gasteiger partial charge in [-0.25, -0.2) is 0 Å². The van der Waals surface area contributed by atoms with Crippen LogP contribution in [0, 0.1) is 0 Å². The van der Waals surface area contributed by atoms with E-state index in [2.05, 4.69) is 17.1 Å². The zero-order valence-corrected chi connectivity index (χ0v) is 12.4. The molecular formula is C16H22N2O3. The van der Waals surface area contributed by atoms with E-state index in [4.69, 9.17) is 9.47 Å². The predicted molar refractivity (Wildman–Crippen MR) is 80.0 cm³/mol. The molecular weight excluding hydrogens is 268 g/mol. The van der Waals surface area contributed by atoms with Crippen LogP contribution in [0.2, 0.25) is 0 Å². The molecule has 2 heterocycles. The van der Waals surface area contributed by atoms with Crippen molar-refractivity contribution in [3.05, 3.63) is 23.8 Å². The van der Waals surface area contributed by atoms with Crippen molar-refractivity contribution in [2.75, 3.05) is 32.8 Å². The van der Waals surface area contributed by atoms with Gasteiger partial charge in [0.15, 0.2) is 11.5 Å². The Morgan fingerprint density at radius 3 is 2.67 bits per heavy atom. The number of piperidine rings is 1. The highest BCUT2D eigenvalue weighted by Crippen LogP contribution is 2.30. The van der Waals surface area contributed by atoms with E-state index < -0.39 is 0 Å². The molecule has 1 saturated heterocycles. The second-order valence-corrected chi connectivity index (χ2v) is 5.54. The first kappa shape index (κ1) is 14.2. The molecule has 0 saturated carbocycles. The third kappa shape index (κ3) is 3.29. The molecule has 5 heteroatoms. The number of carbonyl (C=O) groups is 1. The minimum atomic E-state index is -0.0260. The van der Waals surface area contributed by atoms with E-state index in [1.165, 1.54) is 0 Å². The molecule has 1 aromatic rings. The Bertz CT molecular complexity index is 510. The van der Waals surface area contributed by atoms with Crippen molar-refractivity contribution in [1.29, 1.82) is 0 Å². The maximum absolute atomic E-state index is 12.3. The standard InChI is InChI=1S/C16H22N2O3/c1-2-18-7-5-13(6-8-18)17-16(19)12-3-4-14-15(11-12)21-10-9-20-14/h3-4,11,13H,2,5-10H2,1H3,(H,17,19). The molecule has 2 aliphatic heterocycles. The van der Waals surface area contributed by atoms with Crippen LogP contribution < -0.4 is 14.8 Å². The van der Waals surface area contributed by atoms with Crippen LogP contribution in [0.1, 0.15) is 30.1 Å². The van der Waals surface area contributed by atoms with E-state index in [1.807, 2.05) is 6.07 Å². The van der Waals surface area contributed by atoms with Crippen molar-refractivity contribution in [1.82, 2.24) is 10.2 Å². The molecule has 114 valence electrons. The lowest BCUT2D eigenvalue weighted by molar-refractivity contribution is 0.0911. The first-order chi connectivity index (χ1) is 10.3. The van der Waals surface area contributed by atoms with Crippen LogP contribution in [0.5, 0.6) is 11.5 Å². The lowest BCUT2D eigenvalue weighted by Crippen LogP contribution is -2.44. The van der Waals surface area contributed by atoms with Crippen LogP contribution in [0.4, 0.5) is 0 Å². The van der Waals surface area contributed by atoms with Crippen molar-refractivity contribution < 1.29 is 14.3 Å². The summed E-state index contributed by atoms with van der Waals surface area (Å²) in [7, 11) is 0. The minimum Gasteiger partial charge on any atom is -0.486 e. The number of ether oxygens (including phenoxy) is 2. The number of likely N-dealkylation sites (tertiary alicyclic amines) is 1. The minimum absolute atomic E-state index is 0.0260. The van der Waals surface area contributed by atoms with Gasteiger partial charge in [0.1, 0.15) is 13.2 Å². The van der Waals surface area contributed by atoms with Crippen LogP contribution in [-0.2, 0) is 0 Å². The Hall–Kier alpha value is -1.75. The van der Waals surface area contributed by atoms with E-state index in [0.717, 1.165) is 32.5 Å². The topological polar surface area (TPSA) is 50.8 Å². The number of hydrogen-bond acceptors (Lipinski definition) is 4. The van der Waals surface area contributed by atoms with Gasteiger partial charge in [-0.15, -0.1) is 0 Å². The molecule has 21 heavy (non-hydrogen) atoms. The molecule has 1 fully saturated rings. The lowest BCUT2D eigenvalue weighted by atomic mass is 10.0. The Morgan fingerprint density at radius 2 is 1.95 bits per heavy atom. The summed E-state index contributed by atoms with van der Waals surface area (Å²) in [6.45, 7) is 6.48. The smallest absolute Gasteiger partial charge is 0.251 e. The maximum Gasteiger partial charge on any atom is 0.251 e. The number of carbonyl (C=O) groups excluding carboxylic acids is 1. The molecule has 2 aliphatic rings. The Labute approximate surface area is 125 Å². The van der Waals surface area contributed by atoms with Crippen LogP contribution >= 0.6 is 0 Å². The number of fused-ring (bicyclic) bond motifs is 1. The largest absolute Gasteiger partial charge is 0.486 e. The highest BCUT2D eigenvalue weighted by molar-refractivity contribution is 5.95. The van der Waals surface area contributed by atoms with Gasteiger partial charge < -0.3 is 19.7 Å². The summed E-state index contributed by atoms with van der Waals surface area (Å²) >= 11 is 0. The molecule has 0 aromatic heterocycles. The van der Waals surface area contributed by atoms with Gasteiger partial charge in [0, 0.05) is 24.7 Å². The lowest BCUT2D eigenvalue weighted by Gasteiger charge is -2.31. The van der Waals surface area contributed by atoms with Gasteiger partial charge in [0.05, 0.1) is 0 Å². The van der Waals surface area contributed by atoms with Crippen molar-refractivity contribution in [3.63, 3.8) is 0 Å². The fourth-order valence-corrected chi connectivity index (χ4v) is 2.85. The molecule has 3 rings (SSSR count). The average molecular weight is 290 g/mol. The number of nitrogens with one attached hydrogen (secondary N) is 1. The first-order valence-corrected chi connectivity index (χ1v) is 7.69. The highest BCUT2D eigenvalue weighted by atomic mass is 16.6. The normalized spacial score (nSPS) is 19.3. The molecule has 0 atom stereocenters. The molecule has 1 N–H and O–H groups in total. The average Bonchev–Trinajstić information content (AvgIpc) is 2.55. The van der Waals surface area contributed by atoms with Crippen molar-refractivity contribution in [3.8, 4) is 11.5 Å². The molecule has 0 spiro atoms. The molecule has 5 nitrogen and oxygen atoms in total. The predicted octanol–water partition coefficient (Wildman–Crippen LogP) is 1.67. The van der Waals surface area contributed by atoms with Gasteiger partial charge >= 0.3 is 0 Å². The molecule has 1 amide bonds. The van der Waals surface area contributed by atoms with Crippen molar-refractivity contribution in [2.24, 2.45) is 0 Å². The summed E-state index contributed by atoms with van der Waals surface area (Å²) in [5.74, 6) is 1.35. The van der Waals surface area contributed by atoms with Gasteiger partial charge in [-0.05, 0) is 37.6 Å². The fraction of sp³-hybridized carbons (Fsp3) is 0.562. The zero-order valence-electron chi connectivity index (χ0n) is 12.4. The number of benzene rings is 1. The third-order valence-electron chi connectivity index (χ3n) is 4.17. The van der Waals surface area contributed by atoms with Crippen LogP contribution in [0.25, 0.3) is 0 Å². The summed E-state index contributed by atoms with van der Waals surface area (Å²) in [5.41, 5.74) is 0.636. The van der Waals surface area contributed by atoms with Gasteiger partial charge in [0.25, 0.3) is 5.91 Å². The SMILES string of the molecule is CCN1CCC(NC(=O)c2ccc3c(c2)OCCO3)CC1. The maximum atomic E-state index is 12.3. The molecule has 0 aliphatic carbocycles. The second kappa shape index (κ2) is 6.35. The van der Waals surface area contributed by atoms with Gasteiger partial charge in [-0.1, -0.05) is 6.92 Å². The fourth-order valence-electron chi connectivity index (χ4n) is 2.85. The molecule has 1 aromatic carbocycles. The van der Waals surface area contributed by atoms with E-state index in [-0.39, 0.29) is 11.9 Å². The van der Waals surface area contributed by atoms with Gasteiger partial charge in [0.2, 0.25) is 0 Å². The van der Waals surface area contributed by atoms with E-state index in [9.17, 15) is 4.79 Å². The quantitative estimate of drug-likeness (QED) is 0.920. The Morgan fingerprint density at radius 1 is 1.24 bits per heavy atom. The summed E-state index contributed by atoms with van der Waals surface area (Å²) in [5, 5.41) is 3.12. The number of nitrogens with zero attached hydrogens (tertiary/aromatic N) is 1. The van der Waals surface area contributed by atoms with Crippen molar-refractivity contribution in [2.45, 2.75) is 25.8 Å². The van der Waals surface area contributed by atoms with E-state index in [0.29, 0.717) is 30.3 Å². The highest BCUT2D eigenvalue weighted by Gasteiger charge is 2.21. The van der Waals surface area contributed by atoms with Crippen LogP contribution in [-0.4, -0.2) is 49.7 Å². The van der Waals surface area contributed by atoms with Crippen LogP contribution in [0.15, 0.2) is 18.2 Å². The molecule has 0 unspecified atom stereocenters. The molecule has 0 bridgehead atoms. The monoisotopic (exact) mass is 290 g/mol. The van der Waals surface area contributed by atoms with Gasteiger partial charge in [-0.2, -0.15) is 0 Å². The van der Waals surface area contributed by atoms with Crippen molar-refractivity contribution >= 4 is 5.91 Å². The van der Waals surface area contributed by atoms with E-state index in [1.54, 1.807) is 12.1 Å².